The van der Waals surface area contributed by atoms with E-state index in [9.17, 15) is 4.79 Å². The zero-order valence-electron chi connectivity index (χ0n) is 20.2. The molecule has 33 heavy (non-hydrogen) atoms. The van der Waals surface area contributed by atoms with Crippen molar-refractivity contribution in [2.75, 3.05) is 43.6 Å². The maximum atomic E-state index is 13.1. The minimum absolute atomic E-state index is 0.0211. The van der Waals surface area contributed by atoms with Gasteiger partial charge in [0.25, 0.3) is 0 Å². The average Bonchev–Trinajstić information content (AvgIpc) is 2.85. The number of hydrogen-bond acceptors (Lipinski definition) is 6. The van der Waals surface area contributed by atoms with Gasteiger partial charge in [-0.15, -0.1) is 0 Å². The van der Waals surface area contributed by atoms with E-state index in [0.717, 1.165) is 55.8 Å². The van der Waals surface area contributed by atoms with Gasteiger partial charge in [0.1, 0.15) is 6.04 Å². The third-order valence-electron chi connectivity index (χ3n) is 5.88. The number of nitrogens with zero attached hydrogens (tertiary/aromatic N) is 3. The molecule has 1 unspecified atom stereocenters. The van der Waals surface area contributed by atoms with Gasteiger partial charge in [-0.25, -0.2) is 0 Å². The van der Waals surface area contributed by atoms with Crippen LogP contribution < -0.4 is 19.7 Å². The second-order valence-corrected chi connectivity index (χ2v) is 7.97. The van der Waals surface area contributed by atoms with Crippen molar-refractivity contribution in [1.82, 2.24) is 5.01 Å². The van der Waals surface area contributed by atoms with Crippen LogP contribution in [-0.2, 0) is 4.79 Å². The Morgan fingerprint density at radius 3 is 2.55 bits per heavy atom. The van der Waals surface area contributed by atoms with Crippen LogP contribution in [0.25, 0.3) is 0 Å². The standard InChI is InChI=1S/C26H36N4O3/c1-5-29(6-2)22-14-12-21(13-15-22)28-26(31)23-10-8-9-17-30(23)27-19-20-11-16-24(32-4)25(18-20)33-7-3/h11-16,18-19,23H,5-10,17H2,1-4H3,(H,28,31)/b27-19+. The predicted octanol–water partition coefficient (Wildman–Crippen LogP) is 4.77. The summed E-state index contributed by atoms with van der Waals surface area (Å²) in [5, 5.41) is 9.63. The number of methoxy groups -OCH3 is 1. The van der Waals surface area contributed by atoms with Crippen LogP contribution in [-0.4, -0.2) is 56.5 Å². The Hall–Kier alpha value is -3.22. The molecule has 0 spiro atoms. The first kappa shape index (κ1) is 24.4. The van der Waals surface area contributed by atoms with Crippen molar-refractivity contribution in [3.8, 4) is 11.5 Å². The quantitative estimate of drug-likeness (QED) is 0.526. The normalized spacial score (nSPS) is 16.0. The van der Waals surface area contributed by atoms with Crippen molar-refractivity contribution >= 4 is 23.5 Å². The Morgan fingerprint density at radius 2 is 1.88 bits per heavy atom. The summed E-state index contributed by atoms with van der Waals surface area (Å²) in [5.41, 5.74) is 2.87. The van der Waals surface area contributed by atoms with E-state index in [0.29, 0.717) is 18.1 Å². The van der Waals surface area contributed by atoms with E-state index in [1.54, 1.807) is 13.3 Å². The molecule has 2 aromatic rings. The summed E-state index contributed by atoms with van der Waals surface area (Å²) in [6, 6.07) is 13.5. The van der Waals surface area contributed by atoms with Crippen LogP contribution in [0.1, 0.15) is 45.6 Å². The highest BCUT2D eigenvalue weighted by Crippen LogP contribution is 2.28. The fraction of sp³-hybridized carbons (Fsp3) is 0.462. The van der Waals surface area contributed by atoms with Crippen LogP contribution in [0.3, 0.4) is 0 Å². The third kappa shape index (κ3) is 6.40. The first-order valence-corrected chi connectivity index (χ1v) is 11.9. The molecule has 1 heterocycles. The molecule has 1 saturated heterocycles. The van der Waals surface area contributed by atoms with Crippen LogP contribution in [0.2, 0.25) is 0 Å². The van der Waals surface area contributed by atoms with E-state index in [1.165, 1.54) is 0 Å². The molecule has 0 saturated carbocycles. The van der Waals surface area contributed by atoms with Gasteiger partial charge in [-0.3, -0.25) is 9.80 Å². The number of ether oxygens (including phenoxy) is 2. The van der Waals surface area contributed by atoms with Crippen LogP contribution in [0.5, 0.6) is 11.5 Å². The largest absolute Gasteiger partial charge is 0.493 e. The van der Waals surface area contributed by atoms with Gasteiger partial charge in [-0.1, -0.05) is 0 Å². The van der Waals surface area contributed by atoms with Crippen LogP contribution in [0.15, 0.2) is 47.6 Å². The maximum absolute atomic E-state index is 13.1. The van der Waals surface area contributed by atoms with Gasteiger partial charge >= 0.3 is 0 Å². The Kier molecular flexibility index (Phi) is 8.98. The minimum atomic E-state index is -0.290. The lowest BCUT2D eigenvalue weighted by molar-refractivity contribution is -0.122. The number of carbonyl (C=O) groups excluding carboxylic acids is 1. The molecule has 0 aliphatic carbocycles. The average molecular weight is 453 g/mol. The van der Waals surface area contributed by atoms with E-state index >= 15 is 0 Å². The van der Waals surface area contributed by atoms with Gasteiger partial charge in [0, 0.05) is 31.0 Å². The van der Waals surface area contributed by atoms with Crippen molar-refractivity contribution in [2.45, 2.75) is 46.1 Å². The van der Waals surface area contributed by atoms with Crippen molar-refractivity contribution in [2.24, 2.45) is 5.10 Å². The number of piperidine rings is 1. The molecular weight excluding hydrogens is 416 g/mol. The van der Waals surface area contributed by atoms with Gasteiger partial charge in [0.05, 0.1) is 19.9 Å². The molecule has 1 N–H and O–H groups in total. The minimum Gasteiger partial charge on any atom is -0.493 e. The van der Waals surface area contributed by atoms with Gasteiger partial charge in [-0.2, -0.15) is 5.10 Å². The molecule has 0 bridgehead atoms. The van der Waals surface area contributed by atoms with Crippen molar-refractivity contribution in [3.63, 3.8) is 0 Å². The summed E-state index contributed by atoms with van der Waals surface area (Å²) in [6.45, 7) is 9.44. The number of benzene rings is 2. The Morgan fingerprint density at radius 1 is 1.12 bits per heavy atom. The Labute approximate surface area is 197 Å². The lowest BCUT2D eigenvalue weighted by Crippen LogP contribution is -2.44. The molecule has 178 valence electrons. The van der Waals surface area contributed by atoms with Crippen LogP contribution >= 0.6 is 0 Å². The molecule has 3 rings (SSSR count). The second kappa shape index (κ2) is 12.1. The van der Waals surface area contributed by atoms with Gasteiger partial charge in [0.15, 0.2) is 11.5 Å². The summed E-state index contributed by atoms with van der Waals surface area (Å²) in [6.07, 6.45) is 4.61. The molecule has 1 aliphatic rings. The molecule has 0 aromatic heterocycles. The molecule has 2 aromatic carbocycles. The maximum Gasteiger partial charge on any atom is 0.248 e. The van der Waals surface area contributed by atoms with Gasteiger partial charge in [0.2, 0.25) is 5.91 Å². The molecule has 7 heteroatoms. The highest BCUT2D eigenvalue weighted by molar-refractivity contribution is 5.95. The fourth-order valence-electron chi connectivity index (χ4n) is 4.07. The number of hydrazone groups is 1. The van der Waals surface area contributed by atoms with Crippen molar-refractivity contribution in [1.29, 1.82) is 0 Å². The highest BCUT2D eigenvalue weighted by Gasteiger charge is 2.28. The zero-order valence-corrected chi connectivity index (χ0v) is 20.2. The summed E-state index contributed by atoms with van der Waals surface area (Å²) in [4.78, 5) is 15.3. The number of rotatable bonds is 10. The lowest BCUT2D eigenvalue weighted by atomic mass is 10.0. The van der Waals surface area contributed by atoms with Crippen molar-refractivity contribution < 1.29 is 14.3 Å². The fourth-order valence-corrected chi connectivity index (χ4v) is 4.07. The van der Waals surface area contributed by atoms with E-state index in [1.807, 2.05) is 42.3 Å². The van der Waals surface area contributed by atoms with E-state index in [2.05, 4.69) is 41.3 Å². The molecule has 1 aliphatic heterocycles. The molecular formula is C26H36N4O3. The SMILES string of the molecule is CCOc1cc(/C=N/N2CCCCC2C(=O)Nc2ccc(N(CC)CC)cc2)ccc1OC. The lowest BCUT2D eigenvalue weighted by Gasteiger charge is -2.32. The number of hydrogen-bond donors (Lipinski definition) is 1. The summed E-state index contributed by atoms with van der Waals surface area (Å²) in [5.74, 6) is 1.36. The Bertz CT molecular complexity index is 926. The van der Waals surface area contributed by atoms with Gasteiger partial charge in [-0.05, 0) is 88.1 Å². The predicted molar refractivity (Wildman–Crippen MR) is 135 cm³/mol. The molecule has 0 radical (unpaired) electrons. The number of anilines is 2. The molecule has 7 nitrogen and oxygen atoms in total. The topological polar surface area (TPSA) is 66.4 Å². The van der Waals surface area contributed by atoms with Crippen LogP contribution in [0.4, 0.5) is 11.4 Å². The summed E-state index contributed by atoms with van der Waals surface area (Å²) < 4.78 is 11.0. The monoisotopic (exact) mass is 452 g/mol. The number of amides is 1. The Balaban J connectivity index is 1.68. The van der Waals surface area contributed by atoms with E-state index < -0.39 is 0 Å². The highest BCUT2D eigenvalue weighted by atomic mass is 16.5. The number of nitrogens with one attached hydrogen (secondary N) is 1. The second-order valence-electron chi connectivity index (χ2n) is 7.97. The first-order chi connectivity index (χ1) is 16.1. The van der Waals surface area contributed by atoms with E-state index in [4.69, 9.17) is 9.47 Å². The van der Waals surface area contributed by atoms with Gasteiger partial charge < -0.3 is 19.7 Å². The smallest absolute Gasteiger partial charge is 0.248 e. The summed E-state index contributed by atoms with van der Waals surface area (Å²) in [7, 11) is 1.62. The number of carbonyl (C=O) groups is 1. The molecule has 1 fully saturated rings. The van der Waals surface area contributed by atoms with Crippen LogP contribution in [0, 0.1) is 0 Å². The van der Waals surface area contributed by atoms with E-state index in [-0.39, 0.29) is 11.9 Å². The molecule has 1 amide bonds. The molecule has 1 atom stereocenters. The third-order valence-corrected chi connectivity index (χ3v) is 5.88. The zero-order chi connectivity index (χ0) is 23.6. The first-order valence-electron chi connectivity index (χ1n) is 11.9. The van der Waals surface area contributed by atoms with Crippen molar-refractivity contribution in [3.05, 3.63) is 48.0 Å². The summed E-state index contributed by atoms with van der Waals surface area (Å²) >= 11 is 0.